The molecule has 0 N–H and O–H groups in total. The van der Waals surface area contributed by atoms with Gasteiger partial charge in [0.1, 0.15) is 0 Å². The number of rotatable bonds is 5. The molecule has 0 radical (unpaired) electrons. The second-order valence-corrected chi connectivity index (χ2v) is 6.39. The van der Waals surface area contributed by atoms with Crippen molar-refractivity contribution in [3.05, 3.63) is 53.9 Å². The first-order chi connectivity index (χ1) is 11.4. The van der Waals surface area contributed by atoms with E-state index < -0.39 is 5.41 Å². The standard InChI is InChI=1S/C20H23NO3/c1-5-23-18-14-16(7-6-15-10-12-21-13-11-15)8-9-17(18)24-19(22)20(2,3)4/h6-14H,5H2,1-4H3/b7-6+. The Balaban J connectivity index is 2.23. The molecule has 0 aliphatic heterocycles. The van der Waals surface area contributed by atoms with Crippen LogP contribution in [0.3, 0.4) is 0 Å². The molecule has 126 valence electrons. The van der Waals surface area contributed by atoms with E-state index in [0.717, 1.165) is 11.1 Å². The van der Waals surface area contributed by atoms with Crippen LogP contribution in [0.15, 0.2) is 42.7 Å². The Hall–Kier alpha value is -2.62. The minimum atomic E-state index is -0.566. The zero-order valence-corrected chi connectivity index (χ0v) is 14.6. The lowest BCUT2D eigenvalue weighted by Crippen LogP contribution is -2.25. The summed E-state index contributed by atoms with van der Waals surface area (Å²) in [5.41, 5.74) is 1.46. The fourth-order valence-electron chi connectivity index (χ4n) is 1.90. The van der Waals surface area contributed by atoms with E-state index >= 15 is 0 Å². The molecule has 1 heterocycles. The number of benzene rings is 1. The number of nitrogens with zero attached hydrogens (tertiary/aromatic N) is 1. The average Bonchev–Trinajstić information content (AvgIpc) is 2.55. The number of carbonyl (C=O) groups is 1. The molecule has 0 saturated heterocycles. The summed E-state index contributed by atoms with van der Waals surface area (Å²) in [5.74, 6) is 0.716. The monoisotopic (exact) mass is 325 g/mol. The molecule has 0 bridgehead atoms. The van der Waals surface area contributed by atoms with Crippen LogP contribution in [0.2, 0.25) is 0 Å². The smallest absolute Gasteiger partial charge is 0.316 e. The van der Waals surface area contributed by atoms with Gasteiger partial charge in [0.15, 0.2) is 11.5 Å². The number of aromatic nitrogens is 1. The van der Waals surface area contributed by atoms with E-state index in [9.17, 15) is 4.79 Å². The van der Waals surface area contributed by atoms with Gasteiger partial charge in [-0.25, -0.2) is 0 Å². The van der Waals surface area contributed by atoms with Gasteiger partial charge >= 0.3 is 5.97 Å². The Morgan fingerprint density at radius 2 is 1.71 bits per heavy atom. The van der Waals surface area contributed by atoms with Gasteiger partial charge in [-0.1, -0.05) is 18.2 Å². The van der Waals surface area contributed by atoms with Crippen molar-refractivity contribution < 1.29 is 14.3 Å². The van der Waals surface area contributed by atoms with Crippen LogP contribution in [0, 0.1) is 5.41 Å². The van der Waals surface area contributed by atoms with Crippen molar-refractivity contribution in [3.63, 3.8) is 0 Å². The van der Waals surface area contributed by atoms with E-state index in [-0.39, 0.29) is 5.97 Å². The Kier molecular flexibility index (Phi) is 5.74. The summed E-state index contributed by atoms with van der Waals surface area (Å²) >= 11 is 0. The molecule has 0 amide bonds. The van der Waals surface area contributed by atoms with Crippen molar-refractivity contribution in [2.75, 3.05) is 6.61 Å². The molecule has 1 aromatic heterocycles. The lowest BCUT2D eigenvalue weighted by molar-refractivity contribution is -0.143. The summed E-state index contributed by atoms with van der Waals surface area (Å²) in [4.78, 5) is 16.1. The third kappa shape index (κ3) is 4.95. The van der Waals surface area contributed by atoms with Crippen LogP contribution in [0.25, 0.3) is 12.2 Å². The molecule has 4 heteroatoms. The van der Waals surface area contributed by atoms with Crippen LogP contribution in [-0.4, -0.2) is 17.6 Å². The zero-order valence-electron chi connectivity index (χ0n) is 14.6. The lowest BCUT2D eigenvalue weighted by Gasteiger charge is -2.18. The van der Waals surface area contributed by atoms with Gasteiger partial charge in [0, 0.05) is 12.4 Å². The first-order valence-corrected chi connectivity index (χ1v) is 7.97. The van der Waals surface area contributed by atoms with Crippen molar-refractivity contribution >= 4 is 18.1 Å². The molecular weight excluding hydrogens is 302 g/mol. The van der Waals surface area contributed by atoms with E-state index in [1.165, 1.54) is 0 Å². The number of carbonyl (C=O) groups excluding carboxylic acids is 1. The van der Waals surface area contributed by atoms with Gasteiger partial charge < -0.3 is 9.47 Å². The second kappa shape index (κ2) is 7.77. The molecule has 2 rings (SSSR count). The Bertz CT molecular complexity index is 715. The molecule has 0 aliphatic rings. The van der Waals surface area contributed by atoms with E-state index in [1.807, 2.05) is 64.1 Å². The van der Waals surface area contributed by atoms with Crippen molar-refractivity contribution in [1.29, 1.82) is 0 Å². The molecule has 0 saturated carbocycles. The van der Waals surface area contributed by atoms with Crippen molar-refractivity contribution in [2.45, 2.75) is 27.7 Å². The van der Waals surface area contributed by atoms with Gasteiger partial charge in [0.05, 0.1) is 12.0 Å². The summed E-state index contributed by atoms with van der Waals surface area (Å²) in [6.07, 6.45) is 7.47. The molecule has 0 fully saturated rings. The fourth-order valence-corrected chi connectivity index (χ4v) is 1.90. The molecule has 0 aliphatic carbocycles. The maximum atomic E-state index is 12.1. The van der Waals surface area contributed by atoms with Gasteiger partial charge in [-0.3, -0.25) is 9.78 Å². The highest BCUT2D eigenvalue weighted by Gasteiger charge is 2.24. The van der Waals surface area contributed by atoms with Gasteiger partial charge in [-0.15, -0.1) is 0 Å². The summed E-state index contributed by atoms with van der Waals surface area (Å²) in [5, 5.41) is 0. The molecule has 0 atom stereocenters. The predicted octanol–water partition coefficient (Wildman–Crippen LogP) is 4.60. The maximum Gasteiger partial charge on any atom is 0.316 e. The maximum absolute atomic E-state index is 12.1. The summed E-state index contributed by atoms with van der Waals surface area (Å²) in [6, 6.07) is 9.39. The Morgan fingerprint density at radius 1 is 1.04 bits per heavy atom. The normalized spacial score (nSPS) is 11.5. The summed E-state index contributed by atoms with van der Waals surface area (Å²) in [7, 11) is 0. The molecule has 0 spiro atoms. The predicted molar refractivity (Wildman–Crippen MR) is 95.9 cm³/mol. The fraction of sp³-hybridized carbons (Fsp3) is 0.300. The summed E-state index contributed by atoms with van der Waals surface area (Å²) in [6.45, 7) is 7.86. The van der Waals surface area contributed by atoms with Crippen LogP contribution >= 0.6 is 0 Å². The van der Waals surface area contributed by atoms with Crippen LogP contribution < -0.4 is 9.47 Å². The van der Waals surface area contributed by atoms with Gasteiger partial charge in [-0.05, 0) is 63.1 Å². The average molecular weight is 325 g/mol. The van der Waals surface area contributed by atoms with Crippen molar-refractivity contribution in [3.8, 4) is 11.5 Å². The largest absolute Gasteiger partial charge is 0.490 e. The van der Waals surface area contributed by atoms with Crippen LogP contribution in [0.5, 0.6) is 11.5 Å². The van der Waals surface area contributed by atoms with Crippen molar-refractivity contribution in [1.82, 2.24) is 4.98 Å². The van der Waals surface area contributed by atoms with E-state index in [1.54, 1.807) is 18.5 Å². The number of hydrogen-bond donors (Lipinski definition) is 0. The van der Waals surface area contributed by atoms with Crippen LogP contribution in [0.1, 0.15) is 38.8 Å². The Morgan fingerprint density at radius 3 is 2.33 bits per heavy atom. The minimum Gasteiger partial charge on any atom is -0.490 e. The van der Waals surface area contributed by atoms with E-state index in [4.69, 9.17) is 9.47 Å². The second-order valence-electron chi connectivity index (χ2n) is 6.39. The Labute approximate surface area is 143 Å². The van der Waals surface area contributed by atoms with Crippen LogP contribution in [0.4, 0.5) is 0 Å². The minimum absolute atomic E-state index is 0.288. The lowest BCUT2D eigenvalue weighted by atomic mass is 9.97. The third-order valence-electron chi connectivity index (χ3n) is 3.26. The quantitative estimate of drug-likeness (QED) is 0.595. The van der Waals surface area contributed by atoms with E-state index in [2.05, 4.69) is 4.98 Å². The van der Waals surface area contributed by atoms with Gasteiger partial charge in [-0.2, -0.15) is 0 Å². The van der Waals surface area contributed by atoms with Gasteiger partial charge in [0.2, 0.25) is 0 Å². The zero-order chi connectivity index (χ0) is 17.6. The topological polar surface area (TPSA) is 48.4 Å². The molecule has 2 aromatic rings. The molecular formula is C20H23NO3. The van der Waals surface area contributed by atoms with E-state index in [0.29, 0.717) is 18.1 Å². The number of pyridine rings is 1. The highest BCUT2D eigenvalue weighted by atomic mass is 16.6. The number of esters is 1. The summed E-state index contributed by atoms with van der Waals surface area (Å²) < 4.78 is 11.1. The van der Waals surface area contributed by atoms with Crippen molar-refractivity contribution in [2.24, 2.45) is 5.41 Å². The third-order valence-corrected chi connectivity index (χ3v) is 3.26. The highest BCUT2D eigenvalue weighted by Crippen LogP contribution is 2.31. The first kappa shape index (κ1) is 17.7. The first-order valence-electron chi connectivity index (χ1n) is 7.97. The van der Waals surface area contributed by atoms with Crippen LogP contribution in [-0.2, 0) is 4.79 Å². The molecule has 0 unspecified atom stereocenters. The number of hydrogen-bond acceptors (Lipinski definition) is 4. The molecule has 1 aromatic carbocycles. The molecule has 4 nitrogen and oxygen atoms in total. The van der Waals surface area contributed by atoms with Gasteiger partial charge in [0.25, 0.3) is 0 Å². The number of ether oxygens (including phenoxy) is 2. The highest BCUT2D eigenvalue weighted by molar-refractivity contribution is 5.79. The molecule has 24 heavy (non-hydrogen) atoms. The SMILES string of the molecule is CCOc1cc(/C=C/c2ccncc2)ccc1OC(=O)C(C)(C)C.